The Kier molecular flexibility index (Phi) is 10.2. The zero-order valence-corrected chi connectivity index (χ0v) is 15.5. The molecule has 1 unspecified atom stereocenters. The highest BCUT2D eigenvalue weighted by Crippen LogP contribution is 2.15. The molecule has 120 valence electrons. The summed E-state index contributed by atoms with van der Waals surface area (Å²) in [7, 11) is 1.66. The monoisotopic (exact) mass is 407 g/mol. The van der Waals surface area contributed by atoms with Gasteiger partial charge < -0.3 is 20.5 Å². The van der Waals surface area contributed by atoms with Gasteiger partial charge in [-0.1, -0.05) is 6.07 Å². The first-order valence-electron chi connectivity index (χ1n) is 6.77. The molecule has 1 aromatic rings. The normalized spacial score (nSPS) is 12.5. The second kappa shape index (κ2) is 10.7. The summed E-state index contributed by atoms with van der Waals surface area (Å²) in [6.07, 6.45) is 0. The molecule has 1 aromatic carbocycles. The molecular formula is C15H26IN3O2. The Balaban J connectivity index is 0.00000400. The lowest BCUT2D eigenvalue weighted by Crippen LogP contribution is -2.40. The highest BCUT2D eigenvalue weighted by atomic mass is 127. The quantitative estimate of drug-likeness (QED) is 0.315. The molecule has 0 saturated heterocycles. The molecule has 21 heavy (non-hydrogen) atoms. The summed E-state index contributed by atoms with van der Waals surface area (Å²) in [5.41, 5.74) is 8.15. The van der Waals surface area contributed by atoms with E-state index in [4.69, 9.17) is 15.2 Å². The first-order chi connectivity index (χ1) is 9.51. The predicted octanol–water partition coefficient (Wildman–Crippen LogP) is 2.24. The summed E-state index contributed by atoms with van der Waals surface area (Å²) >= 11 is 0. The van der Waals surface area contributed by atoms with Gasteiger partial charge >= 0.3 is 0 Å². The lowest BCUT2D eigenvalue weighted by Gasteiger charge is -2.13. The van der Waals surface area contributed by atoms with Crippen molar-refractivity contribution in [3.63, 3.8) is 0 Å². The number of ether oxygens (including phenoxy) is 2. The molecule has 0 fully saturated rings. The number of methoxy groups -OCH3 is 1. The largest absolute Gasteiger partial charge is 0.492 e. The molecule has 0 bridgehead atoms. The molecule has 0 amide bonds. The van der Waals surface area contributed by atoms with E-state index in [2.05, 4.69) is 30.2 Å². The molecule has 0 saturated carbocycles. The average Bonchev–Trinajstić information content (AvgIpc) is 2.33. The number of aliphatic imine (C=N–C) groups is 1. The van der Waals surface area contributed by atoms with Crippen LogP contribution >= 0.6 is 24.0 Å². The molecule has 5 nitrogen and oxygen atoms in total. The number of nitrogens with two attached hydrogens (primary N) is 1. The van der Waals surface area contributed by atoms with Crippen molar-refractivity contribution in [1.82, 2.24) is 5.32 Å². The summed E-state index contributed by atoms with van der Waals surface area (Å²) in [5.74, 6) is 1.29. The van der Waals surface area contributed by atoms with Crippen molar-refractivity contribution in [2.75, 3.05) is 26.9 Å². The van der Waals surface area contributed by atoms with Crippen LogP contribution in [0, 0.1) is 13.8 Å². The molecule has 0 heterocycles. The van der Waals surface area contributed by atoms with E-state index in [1.54, 1.807) is 7.11 Å². The molecule has 0 aliphatic carbocycles. The lowest BCUT2D eigenvalue weighted by atomic mass is 10.1. The van der Waals surface area contributed by atoms with Crippen LogP contribution in [0.15, 0.2) is 23.2 Å². The van der Waals surface area contributed by atoms with E-state index in [9.17, 15) is 0 Å². The first-order valence-corrected chi connectivity index (χ1v) is 6.77. The minimum atomic E-state index is 0. The minimum Gasteiger partial charge on any atom is -0.492 e. The van der Waals surface area contributed by atoms with Crippen LogP contribution in [0.4, 0.5) is 0 Å². The van der Waals surface area contributed by atoms with Gasteiger partial charge in [0.05, 0.1) is 13.2 Å². The second-order valence-electron chi connectivity index (χ2n) is 4.94. The van der Waals surface area contributed by atoms with E-state index in [-0.39, 0.29) is 30.0 Å². The maximum Gasteiger partial charge on any atom is 0.188 e. The highest BCUT2D eigenvalue weighted by Gasteiger charge is 2.01. The van der Waals surface area contributed by atoms with Crippen LogP contribution in [0.1, 0.15) is 18.1 Å². The first kappa shape index (κ1) is 20.0. The van der Waals surface area contributed by atoms with Gasteiger partial charge in [0.2, 0.25) is 0 Å². The van der Waals surface area contributed by atoms with Gasteiger partial charge in [0.1, 0.15) is 12.4 Å². The average molecular weight is 407 g/mol. The van der Waals surface area contributed by atoms with E-state index < -0.39 is 0 Å². The Hall–Kier alpha value is -1.02. The zero-order valence-electron chi connectivity index (χ0n) is 13.2. The number of nitrogens with one attached hydrogen (secondary N) is 1. The maximum atomic E-state index is 5.76. The van der Waals surface area contributed by atoms with Crippen molar-refractivity contribution in [1.29, 1.82) is 0 Å². The molecule has 1 rings (SSSR count). The van der Waals surface area contributed by atoms with Gasteiger partial charge in [-0.2, -0.15) is 0 Å². The van der Waals surface area contributed by atoms with Gasteiger partial charge in [0.15, 0.2) is 5.96 Å². The van der Waals surface area contributed by atoms with Crippen molar-refractivity contribution < 1.29 is 9.47 Å². The van der Waals surface area contributed by atoms with Crippen LogP contribution in [0.3, 0.4) is 0 Å². The fraction of sp³-hybridized carbons (Fsp3) is 0.533. The highest BCUT2D eigenvalue weighted by molar-refractivity contribution is 14.0. The van der Waals surface area contributed by atoms with Crippen molar-refractivity contribution in [3.05, 3.63) is 29.3 Å². The van der Waals surface area contributed by atoms with Gasteiger partial charge in [0, 0.05) is 13.2 Å². The summed E-state index contributed by atoms with van der Waals surface area (Å²) in [4.78, 5) is 4.21. The molecule has 0 aliphatic rings. The van der Waals surface area contributed by atoms with Crippen LogP contribution < -0.4 is 15.8 Å². The number of guanidine groups is 1. The Bertz CT molecular complexity index is 432. The van der Waals surface area contributed by atoms with Crippen LogP contribution in [0.25, 0.3) is 0 Å². The summed E-state index contributed by atoms with van der Waals surface area (Å²) in [6.45, 7) is 7.71. The molecule has 0 radical (unpaired) electrons. The molecule has 0 aromatic heterocycles. The molecule has 6 heteroatoms. The fourth-order valence-corrected chi connectivity index (χ4v) is 1.94. The van der Waals surface area contributed by atoms with Gasteiger partial charge in [-0.3, -0.25) is 0 Å². The van der Waals surface area contributed by atoms with E-state index in [0.29, 0.717) is 25.7 Å². The Morgan fingerprint density at radius 3 is 2.48 bits per heavy atom. The molecule has 0 spiro atoms. The molecule has 0 aliphatic heterocycles. The maximum absolute atomic E-state index is 5.76. The number of benzene rings is 1. The van der Waals surface area contributed by atoms with E-state index in [1.807, 2.05) is 19.1 Å². The summed E-state index contributed by atoms with van der Waals surface area (Å²) < 4.78 is 10.7. The van der Waals surface area contributed by atoms with Gasteiger partial charge in [-0.15, -0.1) is 24.0 Å². The van der Waals surface area contributed by atoms with E-state index >= 15 is 0 Å². The van der Waals surface area contributed by atoms with Crippen LogP contribution in [-0.4, -0.2) is 38.9 Å². The van der Waals surface area contributed by atoms with Gasteiger partial charge in [-0.25, -0.2) is 4.99 Å². The smallest absolute Gasteiger partial charge is 0.188 e. The minimum absolute atomic E-state index is 0. The number of aryl methyl sites for hydroxylation is 2. The summed E-state index contributed by atoms with van der Waals surface area (Å²) in [6, 6.07) is 6.28. The van der Waals surface area contributed by atoms with E-state index in [1.165, 1.54) is 11.1 Å². The third-order valence-electron chi connectivity index (χ3n) is 2.65. The number of halogens is 1. The molecule has 3 N–H and O–H groups in total. The Morgan fingerprint density at radius 2 is 1.90 bits per heavy atom. The van der Waals surface area contributed by atoms with Gasteiger partial charge in [-0.05, 0) is 44.0 Å². The van der Waals surface area contributed by atoms with Crippen LogP contribution in [0.5, 0.6) is 5.75 Å². The van der Waals surface area contributed by atoms with Crippen molar-refractivity contribution in [2.24, 2.45) is 10.7 Å². The predicted molar refractivity (Wildman–Crippen MR) is 97.8 cm³/mol. The fourth-order valence-electron chi connectivity index (χ4n) is 1.94. The summed E-state index contributed by atoms with van der Waals surface area (Å²) in [5, 5.41) is 3.04. The van der Waals surface area contributed by atoms with Crippen molar-refractivity contribution in [2.45, 2.75) is 26.8 Å². The van der Waals surface area contributed by atoms with Gasteiger partial charge in [0.25, 0.3) is 0 Å². The number of nitrogens with zero attached hydrogens (tertiary/aromatic N) is 1. The third kappa shape index (κ3) is 8.77. The van der Waals surface area contributed by atoms with Crippen molar-refractivity contribution in [3.8, 4) is 5.75 Å². The lowest BCUT2D eigenvalue weighted by molar-refractivity contribution is 0.179. The standard InChI is InChI=1S/C15H25N3O2.HI/c1-11-7-12(2)9-14(8-11)20-6-5-17-15(16)18-13(3)10-19-4;/h7-9,13H,5-6,10H2,1-4H3,(H3,16,17,18);1H. The van der Waals surface area contributed by atoms with E-state index in [0.717, 1.165) is 5.75 Å². The topological polar surface area (TPSA) is 68.9 Å². The molecular weight excluding hydrogens is 381 g/mol. The van der Waals surface area contributed by atoms with Crippen molar-refractivity contribution >= 4 is 29.9 Å². The zero-order chi connectivity index (χ0) is 15.0. The third-order valence-corrected chi connectivity index (χ3v) is 2.65. The number of hydrogen-bond donors (Lipinski definition) is 2. The van der Waals surface area contributed by atoms with Crippen LogP contribution in [-0.2, 0) is 4.74 Å². The Labute approximate surface area is 144 Å². The molecule has 1 atom stereocenters. The second-order valence-corrected chi connectivity index (χ2v) is 4.94. The number of hydrogen-bond acceptors (Lipinski definition) is 3. The van der Waals surface area contributed by atoms with Crippen LogP contribution in [0.2, 0.25) is 0 Å². The number of rotatable bonds is 7. The Morgan fingerprint density at radius 1 is 1.29 bits per heavy atom. The SMILES string of the molecule is COCC(C)NC(N)=NCCOc1cc(C)cc(C)c1.I.